The molecule has 1 aliphatic carbocycles. The van der Waals surface area contributed by atoms with Gasteiger partial charge in [-0.1, -0.05) is 6.07 Å². The maximum atomic E-state index is 5.74. The Morgan fingerprint density at radius 2 is 2.28 bits per heavy atom. The van der Waals surface area contributed by atoms with E-state index >= 15 is 0 Å². The first-order valence-electron chi connectivity index (χ1n) is 8.96. The second kappa shape index (κ2) is 9.42. The fourth-order valence-electron chi connectivity index (χ4n) is 2.39. The van der Waals surface area contributed by atoms with Crippen LogP contribution in [0, 0.1) is 5.92 Å². The van der Waals surface area contributed by atoms with E-state index in [0.29, 0.717) is 12.4 Å². The van der Waals surface area contributed by atoms with Crippen molar-refractivity contribution in [2.75, 3.05) is 19.7 Å². The number of rotatable bonds is 9. The number of aromatic nitrogens is 1. The minimum Gasteiger partial charge on any atom is -0.477 e. The zero-order valence-electron chi connectivity index (χ0n) is 14.7. The van der Waals surface area contributed by atoms with E-state index in [0.717, 1.165) is 43.6 Å². The molecule has 5 nitrogen and oxygen atoms in total. The van der Waals surface area contributed by atoms with Crippen molar-refractivity contribution in [3.05, 3.63) is 46.3 Å². The van der Waals surface area contributed by atoms with Crippen LogP contribution >= 0.6 is 11.3 Å². The number of hydrogen-bond acceptors (Lipinski definition) is 4. The number of guanidine groups is 1. The highest BCUT2D eigenvalue weighted by atomic mass is 32.1. The first-order chi connectivity index (χ1) is 12.3. The summed E-state index contributed by atoms with van der Waals surface area (Å²) in [5.74, 6) is 2.28. The van der Waals surface area contributed by atoms with Gasteiger partial charge in [0, 0.05) is 30.2 Å². The molecule has 134 valence electrons. The second-order valence-corrected chi connectivity index (χ2v) is 7.24. The van der Waals surface area contributed by atoms with Crippen molar-refractivity contribution in [3.63, 3.8) is 0 Å². The van der Waals surface area contributed by atoms with E-state index in [9.17, 15) is 0 Å². The van der Waals surface area contributed by atoms with Crippen molar-refractivity contribution in [2.45, 2.75) is 32.7 Å². The Kier molecular flexibility index (Phi) is 6.68. The number of thiophene rings is 1. The lowest BCUT2D eigenvalue weighted by atomic mass is 10.3. The molecule has 0 bridgehead atoms. The quantitative estimate of drug-likeness (QED) is 0.534. The molecule has 0 atom stereocenters. The number of pyridine rings is 1. The van der Waals surface area contributed by atoms with Gasteiger partial charge in [-0.3, -0.25) is 0 Å². The van der Waals surface area contributed by atoms with Gasteiger partial charge >= 0.3 is 0 Å². The molecule has 0 radical (unpaired) electrons. The van der Waals surface area contributed by atoms with Crippen LogP contribution in [0.3, 0.4) is 0 Å². The number of hydrogen-bond donors (Lipinski definition) is 2. The summed E-state index contributed by atoms with van der Waals surface area (Å²) in [6, 6.07) is 8.23. The molecule has 2 aromatic heterocycles. The third kappa shape index (κ3) is 6.38. The molecule has 0 aliphatic heterocycles. The molecular weight excluding hydrogens is 332 g/mol. The van der Waals surface area contributed by atoms with E-state index in [1.54, 1.807) is 17.5 Å². The molecule has 0 saturated heterocycles. The largest absolute Gasteiger partial charge is 0.477 e. The lowest BCUT2D eigenvalue weighted by molar-refractivity contribution is 0.288. The Hall–Kier alpha value is -2.08. The van der Waals surface area contributed by atoms with Crippen LogP contribution in [0.4, 0.5) is 0 Å². The molecule has 3 rings (SSSR count). The number of nitrogens with one attached hydrogen (secondary N) is 2. The van der Waals surface area contributed by atoms with Gasteiger partial charge in [0.2, 0.25) is 5.88 Å². The predicted molar refractivity (Wildman–Crippen MR) is 103 cm³/mol. The summed E-state index contributed by atoms with van der Waals surface area (Å²) in [5, 5.41) is 8.79. The van der Waals surface area contributed by atoms with Crippen LogP contribution in [0.15, 0.2) is 40.8 Å². The SMILES string of the molecule is CCNC(=NCc1ccnc(OCC2CC2)c1)NCCc1cccs1. The first-order valence-corrected chi connectivity index (χ1v) is 9.83. The highest BCUT2D eigenvalue weighted by Crippen LogP contribution is 2.29. The fraction of sp³-hybridized carbons (Fsp3) is 0.474. The maximum absolute atomic E-state index is 5.74. The van der Waals surface area contributed by atoms with Crippen LogP contribution in [0.25, 0.3) is 0 Å². The van der Waals surface area contributed by atoms with Gasteiger partial charge in [0.25, 0.3) is 0 Å². The molecule has 1 saturated carbocycles. The summed E-state index contributed by atoms with van der Waals surface area (Å²) in [7, 11) is 0. The monoisotopic (exact) mass is 358 g/mol. The predicted octanol–water partition coefficient (Wildman–Crippen LogP) is 3.23. The van der Waals surface area contributed by atoms with Crippen molar-refractivity contribution in [1.29, 1.82) is 0 Å². The van der Waals surface area contributed by atoms with Crippen molar-refractivity contribution in [2.24, 2.45) is 10.9 Å². The number of nitrogens with zero attached hydrogens (tertiary/aromatic N) is 2. The zero-order chi connectivity index (χ0) is 17.3. The van der Waals surface area contributed by atoms with Gasteiger partial charge in [0.15, 0.2) is 5.96 Å². The van der Waals surface area contributed by atoms with E-state index < -0.39 is 0 Å². The molecule has 1 fully saturated rings. The molecule has 0 amide bonds. The number of ether oxygens (including phenoxy) is 1. The third-order valence-electron chi connectivity index (χ3n) is 3.97. The van der Waals surface area contributed by atoms with Crippen molar-refractivity contribution < 1.29 is 4.74 Å². The van der Waals surface area contributed by atoms with E-state index in [1.807, 2.05) is 12.1 Å². The van der Waals surface area contributed by atoms with Gasteiger partial charge in [-0.2, -0.15) is 0 Å². The molecule has 6 heteroatoms. The van der Waals surface area contributed by atoms with Crippen LogP contribution < -0.4 is 15.4 Å². The number of aliphatic imine (C=N–C) groups is 1. The van der Waals surface area contributed by atoms with E-state index in [2.05, 4.69) is 45.0 Å². The lowest BCUT2D eigenvalue weighted by Crippen LogP contribution is -2.38. The maximum Gasteiger partial charge on any atom is 0.213 e. The van der Waals surface area contributed by atoms with Gasteiger partial charge in [-0.25, -0.2) is 9.98 Å². The first kappa shape index (κ1) is 17.7. The smallest absolute Gasteiger partial charge is 0.213 e. The van der Waals surface area contributed by atoms with Crippen LogP contribution in [0.5, 0.6) is 5.88 Å². The van der Waals surface area contributed by atoms with Crippen LogP contribution in [0.1, 0.15) is 30.2 Å². The van der Waals surface area contributed by atoms with E-state index in [1.165, 1.54) is 17.7 Å². The molecular formula is C19H26N4OS. The Balaban J connectivity index is 1.50. The Labute approximate surface area is 153 Å². The van der Waals surface area contributed by atoms with Crippen molar-refractivity contribution in [3.8, 4) is 5.88 Å². The van der Waals surface area contributed by atoms with Gasteiger partial charge in [-0.05, 0) is 55.2 Å². The zero-order valence-corrected chi connectivity index (χ0v) is 15.5. The molecule has 1 aliphatic rings. The van der Waals surface area contributed by atoms with E-state index in [4.69, 9.17) is 4.74 Å². The standard InChI is InChI=1S/C19H26N4OS/c1-2-20-19(22-10-8-17-4-3-11-25-17)23-13-16-7-9-21-18(12-16)24-14-15-5-6-15/h3-4,7,9,11-12,15H,2,5-6,8,10,13-14H2,1H3,(H2,20,22,23). The third-order valence-corrected chi connectivity index (χ3v) is 4.91. The van der Waals surface area contributed by atoms with Crippen molar-refractivity contribution in [1.82, 2.24) is 15.6 Å². The molecule has 0 aromatic carbocycles. The average molecular weight is 359 g/mol. The highest BCUT2D eigenvalue weighted by molar-refractivity contribution is 7.09. The molecule has 0 spiro atoms. The summed E-state index contributed by atoms with van der Waals surface area (Å²) in [6.07, 6.45) is 5.38. The summed E-state index contributed by atoms with van der Waals surface area (Å²) in [4.78, 5) is 10.3. The second-order valence-electron chi connectivity index (χ2n) is 6.21. The van der Waals surface area contributed by atoms with Crippen LogP contribution in [0.2, 0.25) is 0 Å². The van der Waals surface area contributed by atoms with Crippen molar-refractivity contribution >= 4 is 17.3 Å². The van der Waals surface area contributed by atoms with Gasteiger partial charge in [0.1, 0.15) is 0 Å². The Morgan fingerprint density at radius 3 is 3.04 bits per heavy atom. The average Bonchev–Trinajstić information content (AvgIpc) is 3.32. The molecule has 2 heterocycles. The topological polar surface area (TPSA) is 58.5 Å². The summed E-state index contributed by atoms with van der Waals surface area (Å²) < 4.78 is 5.74. The summed E-state index contributed by atoms with van der Waals surface area (Å²) in [5.41, 5.74) is 1.11. The minimum atomic E-state index is 0.608. The summed E-state index contributed by atoms with van der Waals surface area (Å²) in [6.45, 7) is 5.19. The summed E-state index contributed by atoms with van der Waals surface area (Å²) >= 11 is 1.79. The van der Waals surface area contributed by atoms with Gasteiger partial charge in [-0.15, -0.1) is 11.3 Å². The van der Waals surface area contributed by atoms with Crippen LogP contribution in [-0.2, 0) is 13.0 Å². The highest BCUT2D eigenvalue weighted by Gasteiger charge is 2.22. The van der Waals surface area contributed by atoms with Gasteiger partial charge < -0.3 is 15.4 Å². The van der Waals surface area contributed by atoms with E-state index in [-0.39, 0.29) is 0 Å². The van der Waals surface area contributed by atoms with Crippen LogP contribution in [-0.4, -0.2) is 30.6 Å². The Bertz CT molecular complexity index is 668. The molecule has 0 unspecified atom stereocenters. The molecule has 25 heavy (non-hydrogen) atoms. The molecule has 2 aromatic rings. The Morgan fingerprint density at radius 1 is 1.36 bits per heavy atom. The fourth-order valence-corrected chi connectivity index (χ4v) is 3.10. The normalized spacial score (nSPS) is 14.4. The lowest BCUT2D eigenvalue weighted by Gasteiger charge is -2.11. The van der Waals surface area contributed by atoms with Gasteiger partial charge in [0.05, 0.1) is 13.2 Å². The minimum absolute atomic E-state index is 0.608. The molecule has 2 N–H and O–H groups in total.